The fourth-order valence-corrected chi connectivity index (χ4v) is 2.59. The molecule has 140 valence electrons. The Bertz CT molecular complexity index is 865. The largest absolute Gasteiger partial charge is 0.357 e. The van der Waals surface area contributed by atoms with Gasteiger partial charge in [0.2, 0.25) is 5.91 Å². The Morgan fingerprint density at radius 1 is 1.15 bits per heavy atom. The zero-order valence-electron chi connectivity index (χ0n) is 16.1. The van der Waals surface area contributed by atoms with Crippen LogP contribution in [0.5, 0.6) is 0 Å². The molecule has 5 heteroatoms. The van der Waals surface area contributed by atoms with Gasteiger partial charge < -0.3 is 16.0 Å². The summed E-state index contributed by atoms with van der Waals surface area (Å²) >= 11 is 0. The van der Waals surface area contributed by atoms with Gasteiger partial charge in [-0.25, -0.2) is 4.99 Å². The number of aliphatic imine (C=N–C) groups is 1. The highest BCUT2D eigenvalue weighted by atomic mass is 16.1. The van der Waals surface area contributed by atoms with Gasteiger partial charge in [0.1, 0.15) is 0 Å². The number of aryl methyl sites for hydroxylation is 2. The molecule has 0 heterocycles. The van der Waals surface area contributed by atoms with Crippen molar-refractivity contribution in [2.75, 3.05) is 18.4 Å². The first-order chi connectivity index (χ1) is 13.0. The Labute approximate surface area is 161 Å². The lowest BCUT2D eigenvalue weighted by Crippen LogP contribution is -2.41. The van der Waals surface area contributed by atoms with E-state index in [2.05, 4.69) is 58.9 Å². The molecule has 0 aromatic heterocycles. The number of hydrogen-bond donors (Lipinski definition) is 3. The number of rotatable bonds is 6. The number of hydrogen-bond acceptors (Lipinski definition) is 2. The van der Waals surface area contributed by atoms with Crippen molar-refractivity contribution in [1.29, 1.82) is 0 Å². The summed E-state index contributed by atoms with van der Waals surface area (Å²) in [6.45, 7) is 7.51. The van der Waals surface area contributed by atoms with Crippen LogP contribution in [0.2, 0.25) is 0 Å². The molecule has 2 rings (SSSR count). The molecule has 0 aliphatic rings. The van der Waals surface area contributed by atoms with Crippen molar-refractivity contribution >= 4 is 17.6 Å². The van der Waals surface area contributed by atoms with Crippen LogP contribution in [-0.2, 0) is 11.3 Å². The maximum atomic E-state index is 12.2. The number of amides is 1. The second-order valence-electron chi connectivity index (χ2n) is 6.25. The standard InChI is InChI=1S/C22H26N4O/c1-5-18-8-7-9-20(13-18)26-21(27)15-25-22(23-6-2)24-14-19-11-10-16(3)12-17(19)4/h1,7-13H,6,14-15H2,2-4H3,(H,26,27)(H2,23,24,25). The molecular formula is C22H26N4O. The molecule has 0 spiro atoms. The molecule has 0 radical (unpaired) electrons. The van der Waals surface area contributed by atoms with E-state index in [-0.39, 0.29) is 12.5 Å². The van der Waals surface area contributed by atoms with Gasteiger partial charge in [-0.1, -0.05) is 35.7 Å². The number of carbonyl (C=O) groups is 1. The van der Waals surface area contributed by atoms with Gasteiger partial charge in [0, 0.05) is 17.8 Å². The summed E-state index contributed by atoms with van der Waals surface area (Å²) in [5, 5.41) is 9.03. The molecule has 0 atom stereocenters. The summed E-state index contributed by atoms with van der Waals surface area (Å²) in [6, 6.07) is 13.5. The molecular weight excluding hydrogens is 336 g/mol. The van der Waals surface area contributed by atoms with Crippen molar-refractivity contribution in [3.8, 4) is 12.3 Å². The van der Waals surface area contributed by atoms with Crippen LogP contribution in [-0.4, -0.2) is 25.0 Å². The molecule has 27 heavy (non-hydrogen) atoms. The molecule has 3 N–H and O–H groups in total. The Balaban J connectivity index is 1.94. The highest BCUT2D eigenvalue weighted by Gasteiger charge is 2.05. The number of carbonyl (C=O) groups excluding carboxylic acids is 1. The van der Waals surface area contributed by atoms with Crippen molar-refractivity contribution in [2.45, 2.75) is 27.3 Å². The van der Waals surface area contributed by atoms with Crippen LogP contribution in [0.3, 0.4) is 0 Å². The number of terminal acetylenes is 1. The zero-order valence-corrected chi connectivity index (χ0v) is 16.1. The molecule has 0 bridgehead atoms. The quantitative estimate of drug-likeness (QED) is 0.420. The fourth-order valence-electron chi connectivity index (χ4n) is 2.59. The number of benzene rings is 2. The van der Waals surface area contributed by atoms with Gasteiger partial charge in [0.05, 0.1) is 13.1 Å². The second-order valence-corrected chi connectivity index (χ2v) is 6.25. The molecule has 0 aliphatic carbocycles. The lowest BCUT2D eigenvalue weighted by atomic mass is 10.1. The van der Waals surface area contributed by atoms with Crippen LogP contribution >= 0.6 is 0 Å². The molecule has 0 saturated carbocycles. The Morgan fingerprint density at radius 2 is 1.96 bits per heavy atom. The maximum Gasteiger partial charge on any atom is 0.243 e. The van der Waals surface area contributed by atoms with E-state index in [1.807, 2.05) is 19.1 Å². The lowest BCUT2D eigenvalue weighted by molar-refractivity contribution is -0.115. The van der Waals surface area contributed by atoms with E-state index in [1.54, 1.807) is 12.1 Å². The minimum Gasteiger partial charge on any atom is -0.357 e. The molecule has 0 aliphatic heterocycles. The predicted octanol–water partition coefficient (Wildman–Crippen LogP) is 2.98. The topological polar surface area (TPSA) is 65.5 Å². The van der Waals surface area contributed by atoms with E-state index in [0.29, 0.717) is 24.7 Å². The van der Waals surface area contributed by atoms with Gasteiger partial charge >= 0.3 is 0 Å². The van der Waals surface area contributed by atoms with Crippen molar-refractivity contribution in [1.82, 2.24) is 10.6 Å². The van der Waals surface area contributed by atoms with Crippen LogP contribution in [0.4, 0.5) is 5.69 Å². The van der Waals surface area contributed by atoms with E-state index in [4.69, 9.17) is 6.42 Å². The summed E-state index contributed by atoms with van der Waals surface area (Å²) in [4.78, 5) is 16.7. The SMILES string of the molecule is C#Cc1cccc(NC(=O)CNC(=NCc2ccc(C)cc2C)NCC)c1. The van der Waals surface area contributed by atoms with Gasteiger partial charge in [-0.3, -0.25) is 4.79 Å². The van der Waals surface area contributed by atoms with E-state index in [0.717, 1.165) is 11.1 Å². The summed E-state index contributed by atoms with van der Waals surface area (Å²) in [5.41, 5.74) is 5.00. The van der Waals surface area contributed by atoms with E-state index < -0.39 is 0 Å². The first kappa shape index (κ1) is 20.1. The highest BCUT2D eigenvalue weighted by Crippen LogP contribution is 2.11. The third kappa shape index (κ3) is 6.52. The first-order valence-corrected chi connectivity index (χ1v) is 8.96. The molecule has 2 aromatic rings. The number of guanidine groups is 1. The number of nitrogens with one attached hydrogen (secondary N) is 3. The van der Waals surface area contributed by atoms with E-state index in [1.165, 1.54) is 11.1 Å². The van der Waals surface area contributed by atoms with Crippen molar-refractivity contribution < 1.29 is 4.79 Å². The molecule has 1 amide bonds. The van der Waals surface area contributed by atoms with Gasteiger partial charge in [0.15, 0.2) is 5.96 Å². The monoisotopic (exact) mass is 362 g/mol. The third-order valence-corrected chi connectivity index (χ3v) is 3.98. The smallest absolute Gasteiger partial charge is 0.243 e. The summed E-state index contributed by atoms with van der Waals surface area (Å²) < 4.78 is 0. The van der Waals surface area contributed by atoms with Crippen molar-refractivity contribution in [3.63, 3.8) is 0 Å². The average molecular weight is 362 g/mol. The molecule has 0 saturated heterocycles. The van der Waals surface area contributed by atoms with Crippen LogP contribution in [0.25, 0.3) is 0 Å². The summed E-state index contributed by atoms with van der Waals surface area (Å²) in [5.74, 6) is 2.99. The zero-order chi connectivity index (χ0) is 19.6. The number of nitrogens with zero attached hydrogens (tertiary/aromatic N) is 1. The minimum atomic E-state index is -0.165. The molecule has 5 nitrogen and oxygen atoms in total. The van der Waals surface area contributed by atoms with E-state index in [9.17, 15) is 4.79 Å². The van der Waals surface area contributed by atoms with E-state index >= 15 is 0 Å². The molecule has 0 unspecified atom stereocenters. The highest BCUT2D eigenvalue weighted by molar-refractivity contribution is 5.95. The molecule has 2 aromatic carbocycles. The normalized spacial score (nSPS) is 10.8. The minimum absolute atomic E-state index is 0.110. The summed E-state index contributed by atoms with van der Waals surface area (Å²) in [6.07, 6.45) is 5.38. The average Bonchev–Trinajstić information content (AvgIpc) is 2.65. The van der Waals surface area contributed by atoms with Crippen LogP contribution in [0.15, 0.2) is 47.5 Å². The lowest BCUT2D eigenvalue weighted by Gasteiger charge is -2.12. The van der Waals surface area contributed by atoms with Crippen molar-refractivity contribution in [2.24, 2.45) is 4.99 Å². The fraction of sp³-hybridized carbons (Fsp3) is 0.273. The van der Waals surface area contributed by atoms with Gasteiger partial charge in [-0.15, -0.1) is 6.42 Å². The molecule has 0 fully saturated rings. The Morgan fingerprint density at radius 3 is 2.67 bits per heavy atom. The van der Waals surface area contributed by atoms with Crippen LogP contribution in [0, 0.1) is 26.2 Å². The Hall–Kier alpha value is -3.26. The maximum absolute atomic E-state index is 12.2. The van der Waals surface area contributed by atoms with Crippen LogP contribution in [0.1, 0.15) is 29.2 Å². The summed E-state index contributed by atoms with van der Waals surface area (Å²) in [7, 11) is 0. The predicted molar refractivity (Wildman–Crippen MR) is 112 cm³/mol. The van der Waals surface area contributed by atoms with Gasteiger partial charge in [-0.05, 0) is 50.1 Å². The first-order valence-electron chi connectivity index (χ1n) is 8.96. The second kappa shape index (κ2) is 10.0. The van der Waals surface area contributed by atoms with Gasteiger partial charge in [0.25, 0.3) is 0 Å². The van der Waals surface area contributed by atoms with Gasteiger partial charge in [-0.2, -0.15) is 0 Å². The van der Waals surface area contributed by atoms with Crippen molar-refractivity contribution in [3.05, 3.63) is 64.7 Å². The number of anilines is 1. The Kier molecular flexibility index (Phi) is 7.45. The third-order valence-electron chi connectivity index (χ3n) is 3.98. The van der Waals surface area contributed by atoms with Crippen LogP contribution < -0.4 is 16.0 Å².